The molecule has 0 aliphatic rings. The van der Waals surface area contributed by atoms with Gasteiger partial charge in [-0.15, -0.1) is 0 Å². The Bertz CT molecular complexity index is 673. The molecule has 4 heteroatoms. The van der Waals surface area contributed by atoms with Gasteiger partial charge in [-0.05, 0) is 25.0 Å². The van der Waals surface area contributed by atoms with Crippen molar-refractivity contribution in [3.05, 3.63) is 36.0 Å². The summed E-state index contributed by atoms with van der Waals surface area (Å²) in [6, 6.07) is 11.5. The van der Waals surface area contributed by atoms with Crippen LogP contribution in [0.1, 0.15) is 32.9 Å². The van der Waals surface area contributed by atoms with Gasteiger partial charge in [-0.25, -0.2) is 4.98 Å². The van der Waals surface area contributed by atoms with Crippen LogP contribution in [0.4, 0.5) is 5.69 Å². The zero-order chi connectivity index (χ0) is 15.5. The molecule has 110 valence electrons. The van der Waals surface area contributed by atoms with Crippen molar-refractivity contribution in [3.8, 4) is 6.07 Å². The highest BCUT2D eigenvalue weighted by atomic mass is 16.3. The number of anilines is 1. The zero-order valence-electron chi connectivity index (χ0n) is 12.7. The molecule has 0 fully saturated rings. The molecular weight excluding hydrogens is 262 g/mol. The molecular formula is C17H21N3O. The second-order valence-corrected chi connectivity index (χ2v) is 5.70. The van der Waals surface area contributed by atoms with Gasteiger partial charge in [0.1, 0.15) is 11.8 Å². The topological polar surface area (TPSA) is 68.9 Å². The summed E-state index contributed by atoms with van der Waals surface area (Å²) < 4.78 is 0. The van der Waals surface area contributed by atoms with Crippen molar-refractivity contribution in [3.63, 3.8) is 0 Å². The van der Waals surface area contributed by atoms with Crippen LogP contribution in [0.25, 0.3) is 10.9 Å². The molecule has 0 aliphatic carbocycles. The van der Waals surface area contributed by atoms with E-state index in [0.29, 0.717) is 12.2 Å². The molecule has 4 nitrogen and oxygen atoms in total. The summed E-state index contributed by atoms with van der Waals surface area (Å²) in [7, 11) is 0. The molecule has 0 radical (unpaired) electrons. The molecule has 1 aromatic heterocycles. The highest BCUT2D eigenvalue weighted by Crippen LogP contribution is 2.25. The molecule has 1 heterocycles. The first-order valence-electron chi connectivity index (χ1n) is 7.24. The van der Waals surface area contributed by atoms with E-state index in [2.05, 4.69) is 23.3 Å². The van der Waals surface area contributed by atoms with Crippen molar-refractivity contribution in [1.82, 2.24) is 4.98 Å². The summed E-state index contributed by atoms with van der Waals surface area (Å²) in [5, 5.41) is 23.8. The van der Waals surface area contributed by atoms with Crippen LogP contribution in [-0.4, -0.2) is 22.2 Å². The van der Waals surface area contributed by atoms with Crippen LogP contribution in [0.3, 0.4) is 0 Å². The fraction of sp³-hybridized carbons (Fsp3) is 0.412. The van der Waals surface area contributed by atoms with Gasteiger partial charge in [0.05, 0.1) is 11.1 Å². The lowest BCUT2D eigenvalue weighted by molar-refractivity contribution is 0.0176. The molecule has 2 atom stereocenters. The van der Waals surface area contributed by atoms with Crippen LogP contribution in [0, 0.1) is 17.2 Å². The number of hydrogen-bond acceptors (Lipinski definition) is 4. The number of aliphatic hydroxyl groups is 1. The largest absolute Gasteiger partial charge is 0.388 e. The fourth-order valence-corrected chi connectivity index (χ4v) is 2.27. The van der Waals surface area contributed by atoms with Crippen molar-refractivity contribution in [2.75, 3.05) is 11.9 Å². The Labute approximate surface area is 125 Å². The van der Waals surface area contributed by atoms with Crippen molar-refractivity contribution >= 4 is 16.6 Å². The Balaban J connectivity index is 2.32. The minimum absolute atomic E-state index is 0.188. The first kappa shape index (κ1) is 15.3. The molecule has 21 heavy (non-hydrogen) atoms. The second kappa shape index (κ2) is 6.11. The summed E-state index contributed by atoms with van der Waals surface area (Å²) in [6.45, 7) is 6.37. The third-order valence-corrected chi connectivity index (χ3v) is 4.14. The zero-order valence-corrected chi connectivity index (χ0v) is 12.7. The monoisotopic (exact) mass is 283 g/mol. The van der Waals surface area contributed by atoms with Gasteiger partial charge < -0.3 is 10.4 Å². The van der Waals surface area contributed by atoms with Gasteiger partial charge in [-0.3, -0.25) is 0 Å². The summed E-state index contributed by atoms with van der Waals surface area (Å²) in [5.41, 5.74) is 1.19. The first-order chi connectivity index (χ1) is 9.97. The Kier molecular flexibility index (Phi) is 4.44. The molecule has 0 saturated heterocycles. The normalized spacial score (nSPS) is 15.2. The third kappa shape index (κ3) is 3.32. The maximum Gasteiger partial charge on any atom is 0.143 e. The van der Waals surface area contributed by atoms with E-state index in [1.54, 1.807) is 6.07 Å². The maximum atomic E-state index is 10.5. The number of rotatable bonds is 5. The Hall–Kier alpha value is -2.12. The van der Waals surface area contributed by atoms with Crippen molar-refractivity contribution in [2.24, 2.45) is 5.92 Å². The highest BCUT2D eigenvalue weighted by Gasteiger charge is 2.26. The van der Waals surface area contributed by atoms with Gasteiger partial charge in [0, 0.05) is 17.6 Å². The molecule has 0 aliphatic heterocycles. The van der Waals surface area contributed by atoms with Gasteiger partial charge in [0.15, 0.2) is 0 Å². The predicted molar refractivity (Wildman–Crippen MR) is 85.0 cm³/mol. The molecule has 0 bridgehead atoms. The average Bonchev–Trinajstić information content (AvgIpc) is 2.51. The second-order valence-electron chi connectivity index (χ2n) is 5.70. The number of nitriles is 1. The number of para-hydroxylation sites is 1. The Morgan fingerprint density at radius 2 is 2.14 bits per heavy atom. The lowest BCUT2D eigenvalue weighted by Crippen LogP contribution is -2.39. The van der Waals surface area contributed by atoms with Gasteiger partial charge in [0.2, 0.25) is 0 Å². The average molecular weight is 283 g/mol. The highest BCUT2D eigenvalue weighted by molar-refractivity contribution is 5.91. The maximum absolute atomic E-state index is 10.5. The molecule has 2 unspecified atom stereocenters. The van der Waals surface area contributed by atoms with E-state index in [0.717, 1.165) is 23.0 Å². The standard InChI is InChI=1S/C17H21N3O/c1-4-12(2)17(3,21)11-19-16-9-13(10-18)20-15-8-6-5-7-14(15)16/h5-9,12,21H,4,11H2,1-3H3,(H,19,20). The van der Waals surface area contributed by atoms with Gasteiger partial charge in [-0.1, -0.05) is 38.5 Å². The summed E-state index contributed by atoms with van der Waals surface area (Å²) in [6.07, 6.45) is 0.912. The fourth-order valence-electron chi connectivity index (χ4n) is 2.27. The molecule has 2 rings (SSSR count). The van der Waals surface area contributed by atoms with Crippen molar-refractivity contribution in [1.29, 1.82) is 5.26 Å². The lowest BCUT2D eigenvalue weighted by atomic mass is 9.88. The number of fused-ring (bicyclic) bond motifs is 1. The number of aromatic nitrogens is 1. The summed E-state index contributed by atoms with van der Waals surface area (Å²) >= 11 is 0. The smallest absolute Gasteiger partial charge is 0.143 e. The van der Waals surface area contributed by atoms with Crippen LogP contribution < -0.4 is 5.32 Å². The SMILES string of the molecule is CCC(C)C(C)(O)CNc1cc(C#N)nc2ccccc12. The Morgan fingerprint density at radius 1 is 1.43 bits per heavy atom. The summed E-state index contributed by atoms with van der Waals surface area (Å²) in [4.78, 5) is 4.29. The van der Waals surface area contributed by atoms with Crippen LogP contribution in [0.2, 0.25) is 0 Å². The number of pyridine rings is 1. The molecule has 0 saturated carbocycles. The van der Waals surface area contributed by atoms with Crippen LogP contribution in [0.5, 0.6) is 0 Å². The van der Waals surface area contributed by atoms with Gasteiger partial charge in [-0.2, -0.15) is 5.26 Å². The number of hydrogen-bond donors (Lipinski definition) is 2. The molecule has 1 aromatic carbocycles. The quantitative estimate of drug-likeness (QED) is 0.883. The first-order valence-corrected chi connectivity index (χ1v) is 7.24. The minimum atomic E-state index is -0.800. The molecule has 0 amide bonds. The van der Waals surface area contributed by atoms with E-state index in [1.165, 1.54) is 0 Å². The number of nitrogens with zero attached hydrogens (tertiary/aromatic N) is 2. The van der Waals surface area contributed by atoms with E-state index >= 15 is 0 Å². The van der Waals surface area contributed by atoms with Crippen LogP contribution in [-0.2, 0) is 0 Å². The Morgan fingerprint density at radius 3 is 2.81 bits per heavy atom. The number of nitrogens with one attached hydrogen (secondary N) is 1. The van der Waals surface area contributed by atoms with Crippen LogP contribution >= 0.6 is 0 Å². The molecule has 2 aromatic rings. The van der Waals surface area contributed by atoms with E-state index in [1.807, 2.05) is 38.1 Å². The minimum Gasteiger partial charge on any atom is -0.388 e. The van der Waals surface area contributed by atoms with Crippen molar-refractivity contribution in [2.45, 2.75) is 32.8 Å². The number of benzene rings is 1. The van der Waals surface area contributed by atoms with E-state index < -0.39 is 5.60 Å². The van der Waals surface area contributed by atoms with Gasteiger partial charge >= 0.3 is 0 Å². The molecule has 2 N–H and O–H groups in total. The molecule has 0 spiro atoms. The van der Waals surface area contributed by atoms with E-state index in [9.17, 15) is 5.11 Å². The van der Waals surface area contributed by atoms with E-state index in [-0.39, 0.29) is 5.92 Å². The van der Waals surface area contributed by atoms with E-state index in [4.69, 9.17) is 5.26 Å². The predicted octanol–water partition coefficient (Wildman–Crippen LogP) is 3.32. The summed E-state index contributed by atoms with van der Waals surface area (Å²) in [5.74, 6) is 0.188. The third-order valence-electron chi connectivity index (χ3n) is 4.14. The van der Waals surface area contributed by atoms with Gasteiger partial charge in [0.25, 0.3) is 0 Å². The van der Waals surface area contributed by atoms with Crippen LogP contribution in [0.15, 0.2) is 30.3 Å². The van der Waals surface area contributed by atoms with Crippen molar-refractivity contribution < 1.29 is 5.11 Å². The lowest BCUT2D eigenvalue weighted by Gasteiger charge is -2.30.